The predicted molar refractivity (Wildman–Crippen MR) is 101 cm³/mol. The van der Waals surface area contributed by atoms with Gasteiger partial charge in [-0.25, -0.2) is 4.98 Å². The lowest BCUT2D eigenvalue weighted by atomic mass is 10.0. The highest BCUT2D eigenvalue weighted by Gasteiger charge is 2.24. The van der Waals surface area contributed by atoms with Crippen molar-refractivity contribution in [3.63, 3.8) is 0 Å². The fourth-order valence-electron chi connectivity index (χ4n) is 3.84. The fraction of sp³-hybridized carbons (Fsp3) is 0.400. The molecule has 0 radical (unpaired) electrons. The van der Waals surface area contributed by atoms with Crippen LogP contribution in [0.15, 0.2) is 18.2 Å². The molecule has 0 atom stereocenters. The van der Waals surface area contributed by atoms with Gasteiger partial charge in [0.15, 0.2) is 5.65 Å². The maximum atomic E-state index is 5.35. The van der Waals surface area contributed by atoms with Crippen LogP contribution in [0.1, 0.15) is 35.9 Å². The molecule has 2 heterocycles. The van der Waals surface area contributed by atoms with E-state index in [1.54, 1.807) is 7.11 Å². The van der Waals surface area contributed by atoms with E-state index in [0.29, 0.717) is 0 Å². The highest BCUT2D eigenvalue weighted by molar-refractivity contribution is 5.83. The molecule has 1 aromatic carbocycles. The van der Waals surface area contributed by atoms with Crippen LogP contribution in [0.4, 0.5) is 5.82 Å². The number of hydrogen-bond acceptors (Lipinski definition) is 4. The second-order valence-corrected chi connectivity index (χ2v) is 6.65. The Hall–Kier alpha value is -2.56. The van der Waals surface area contributed by atoms with Crippen LogP contribution in [-0.2, 0) is 12.8 Å². The lowest BCUT2D eigenvalue weighted by Crippen LogP contribution is -2.09. The van der Waals surface area contributed by atoms with E-state index >= 15 is 0 Å². The van der Waals surface area contributed by atoms with Gasteiger partial charge in [0.2, 0.25) is 0 Å². The predicted octanol–water partition coefficient (Wildman–Crippen LogP) is 3.94. The van der Waals surface area contributed by atoms with Gasteiger partial charge in [0.25, 0.3) is 0 Å². The van der Waals surface area contributed by atoms with E-state index in [-0.39, 0.29) is 0 Å². The van der Waals surface area contributed by atoms with Crippen molar-refractivity contribution in [2.24, 2.45) is 0 Å². The Balaban J connectivity index is 1.99. The molecule has 0 saturated carbocycles. The van der Waals surface area contributed by atoms with Crippen molar-refractivity contribution in [3.05, 3.63) is 40.7 Å². The zero-order chi connectivity index (χ0) is 17.6. The third kappa shape index (κ3) is 2.46. The molecule has 4 rings (SSSR count). The zero-order valence-electron chi connectivity index (χ0n) is 15.3. The Morgan fingerprint density at radius 3 is 2.80 bits per heavy atom. The number of nitrogens with one attached hydrogen (secondary N) is 1. The van der Waals surface area contributed by atoms with E-state index in [1.807, 2.05) is 10.6 Å². The van der Waals surface area contributed by atoms with Crippen LogP contribution in [0.25, 0.3) is 16.8 Å². The number of ether oxygens (including phenoxy) is 1. The SMILES string of the molecule is CCNc1c2c(nc3c(-c4ccc(OC)cc4C)c(C)nn13)CCC2. The first-order valence-corrected chi connectivity index (χ1v) is 8.94. The molecule has 0 saturated heterocycles. The van der Waals surface area contributed by atoms with E-state index in [1.165, 1.54) is 28.8 Å². The molecular weight excluding hydrogens is 312 g/mol. The smallest absolute Gasteiger partial charge is 0.165 e. The van der Waals surface area contributed by atoms with Gasteiger partial charge in [-0.1, -0.05) is 6.07 Å². The van der Waals surface area contributed by atoms with Gasteiger partial charge in [-0.05, 0) is 63.3 Å². The summed E-state index contributed by atoms with van der Waals surface area (Å²) in [4.78, 5) is 5.01. The second kappa shape index (κ2) is 6.06. The van der Waals surface area contributed by atoms with Gasteiger partial charge in [0.05, 0.1) is 12.8 Å². The van der Waals surface area contributed by atoms with Crippen molar-refractivity contribution >= 4 is 11.5 Å². The average Bonchev–Trinajstić information content (AvgIpc) is 3.19. The molecule has 0 fully saturated rings. The molecule has 130 valence electrons. The Morgan fingerprint density at radius 2 is 2.08 bits per heavy atom. The minimum atomic E-state index is 0.873. The van der Waals surface area contributed by atoms with Crippen molar-refractivity contribution < 1.29 is 4.74 Å². The van der Waals surface area contributed by atoms with Crippen molar-refractivity contribution in [1.29, 1.82) is 0 Å². The fourth-order valence-corrected chi connectivity index (χ4v) is 3.84. The monoisotopic (exact) mass is 336 g/mol. The highest BCUT2D eigenvalue weighted by Crippen LogP contribution is 2.36. The largest absolute Gasteiger partial charge is 0.497 e. The van der Waals surface area contributed by atoms with Crippen molar-refractivity contribution in [3.8, 4) is 16.9 Å². The van der Waals surface area contributed by atoms with Crippen molar-refractivity contribution in [2.45, 2.75) is 40.0 Å². The van der Waals surface area contributed by atoms with Crippen LogP contribution in [0.2, 0.25) is 0 Å². The van der Waals surface area contributed by atoms with E-state index < -0.39 is 0 Å². The van der Waals surface area contributed by atoms with Crippen LogP contribution in [0, 0.1) is 13.8 Å². The van der Waals surface area contributed by atoms with Gasteiger partial charge in [-0.3, -0.25) is 0 Å². The number of rotatable bonds is 4. The summed E-state index contributed by atoms with van der Waals surface area (Å²) in [5, 5.41) is 8.35. The number of aromatic nitrogens is 3. The number of aryl methyl sites for hydroxylation is 3. The maximum absolute atomic E-state index is 5.35. The van der Waals surface area contributed by atoms with Crippen LogP contribution in [0.5, 0.6) is 5.75 Å². The first-order chi connectivity index (χ1) is 12.1. The molecule has 3 aromatic rings. The Morgan fingerprint density at radius 1 is 1.24 bits per heavy atom. The van der Waals surface area contributed by atoms with Crippen molar-refractivity contribution in [2.75, 3.05) is 19.0 Å². The van der Waals surface area contributed by atoms with Crippen LogP contribution in [-0.4, -0.2) is 28.3 Å². The molecule has 1 N–H and O–H groups in total. The van der Waals surface area contributed by atoms with Gasteiger partial charge in [0.1, 0.15) is 11.6 Å². The number of methoxy groups -OCH3 is 1. The lowest BCUT2D eigenvalue weighted by Gasteiger charge is -2.12. The number of fused-ring (bicyclic) bond motifs is 2. The zero-order valence-corrected chi connectivity index (χ0v) is 15.3. The summed E-state index contributed by atoms with van der Waals surface area (Å²) in [6.07, 6.45) is 3.30. The van der Waals surface area contributed by atoms with E-state index in [9.17, 15) is 0 Å². The summed E-state index contributed by atoms with van der Waals surface area (Å²) in [6.45, 7) is 7.17. The second-order valence-electron chi connectivity index (χ2n) is 6.65. The van der Waals surface area contributed by atoms with Crippen LogP contribution in [0.3, 0.4) is 0 Å². The molecule has 0 spiro atoms. The number of hydrogen-bond donors (Lipinski definition) is 1. The molecular formula is C20H24N4O. The summed E-state index contributed by atoms with van der Waals surface area (Å²) >= 11 is 0. The minimum absolute atomic E-state index is 0.873. The van der Waals surface area contributed by atoms with Gasteiger partial charge in [-0.15, -0.1) is 0 Å². The third-order valence-electron chi connectivity index (χ3n) is 5.01. The standard InChI is InChI=1S/C20H24N4O/c1-5-21-19-16-7-6-8-17(16)22-20-18(13(3)23-24(19)20)15-10-9-14(25-4)11-12(15)2/h9-11,21H,5-8H2,1-4H3. The van der Waals surface area contributed by atoms with E-state index in [0.717, 1.165) is 47.9 Å². The van der Waals surface area contributed by atoms with E-state index in [2.05, 4.69) is 38.2 Å². The normalized spacial score (nSPS) is 13.3. The summed E-state index contributed by atoms with van der Waals surface area (Å²) < 4.78 is 7.35. The molecule has 5 nitrogen and oxygen atoms in total. The minimum Gasteiger partial charge on any atom is -0.497 e. The molecule has 0 amide bonds. The molecule has 0 aliphatic heterocycles. The van der Waals surface area contributed by atoms with Gasteiger partial charge < -0.3 is 10.1 Å². The lowest BCUT2D eigenvalue weighted by molar-refractivity contribution is 0.414. The van der Waals surface area contributed by atoms with Crippen LogP contribution >= 0.6 is 0 Å². The molecule has 5 heteroatoms. The quantitative estimate of drug-likeness (QED) is 0.784. The molecule has 0 bridgehead atoms. The summed E-state index contributed by atoms with van der Waals surface area (Å²) in [6, 6.07) is 6.18. The van der Waals surface area contributed by atoms with Crippen LogP contribution < -0.4 is 10.1 Å². The molecule has 1 aliphatic carbocycles. The molecule has 2 aromatic heterocycles. The molecule has 0 unspecified atom stereocenters. The number of nitrogens with zero attached hydrogens (tertiary/aromatic N) is 3. The van der Waals surface area contributed by atoms with Gasteiger partial charge >= 0.3 is 0 Å². The Labute approximate surface area is 148 Å². The van der Waals surface area contributed by atoms with Gasteiger partial charge in [-0.2, -0.15) is 9.61 Å². The van der Waals surface area contributed by atoms with Gasteiger partial charge in [0, 0.05) is 23.4 Å². The summed E-state index contributed by atoms with van der Waals surface area (Å²) in [7, 11) is 1.70. The summed E-state index contributed by atoms with van der Waals surface area (Å²) in [5.41, 5.74) is 7.96. The Kier molecular flexibility index (Phi) is 3.86. The Bertz CT molecular complexity index is 958. The first kappa shape index (κ1) is 15.9. The molecule has 1 aliphatic rings. The van der Waals surface area contributed by atoms with Crippen molar-refractivity contribution in [1.82, 2.24) is 14.6 Å². The molecule has 25 heavy (non-hydrogen) atoms. The third-order valence-corrected chi connectivity index (χ3v) is 5.01. The average molecular weight is 336 g/mol. The maximum Gasteiger partial charge on any atom is 0.165 e. The number of benzene rings is 1. The summed E-state index contributed by atoms with van der Waals surface area (Å²) in [5.74, 6) is 1.98. The number of anilines is 1. The first-order valence-electron chi connectivity index (χ1n) is 8.94. The highest BCUT2D eigenvalue weighted by atomic mass is 16.5. The topological polar surface area (TPSA) is 51.5 Å². The van der Waals surface area contributed by atoms with E-state index in [4.69, 9.17) is 14.8 Å².